The maximum Gasteiger partial charge on any atom is 0.0611 e. The molecule has 0 radical (unpaired) electrons. The number of rotatable bonds is 2. The van der Waals surface area contributed by atoms with Gasteiger partial charge in [0.1, 0.15) is 0 Å². The smallest absolute Gasteiger partial charge is 0.0611 e. The maximum atomic E-state index is 9.32. The SMILES string of the molecule is Cc1ccc(N2CCCC(N)(CO)CC2)cc1. The molecule has 0 aliphatic carbocycles. The van der Waals surface area contributed by atoms with Gasteiger partial charge in [0.2, 0.25) is 0 Å². The molecule has 0 amide bonds. The second kappa shape index (κ2) is 5.07. The fourth-order valence-corrected chi connectivity index (χ4v) is 2.39. The fraction of sp³-hybridized carbons (Fsp3) is 0.571. The topological polar surface area (TPSA) is 49.5 Å². The van der Waals surface area contributed by atoms with Gasteiger partial charge < -0.3 is 15.7 Å². The molecule has 1 aromatic carbocycles. The summed E-state index contributed by atoms with van der Waals surface area (Å²) < 4.78 is 0. The van der Waals surface area contributed by atoms with Gasteiger partial charge in [-0.3, -0.25) is 0 Å². The van der Waals surface area contributed by atoms with Crippen molar-refractivity contribution in [1.82, 2.24) is 0 Å². The molecule has 2 rings (SSSR count). The number of nitrogens with two attached hydrogens (primary N) is 1. The van der Waals surface area contributed by atoms with Crippen LogP contribution in [0.15, 0.2) is 24.3 Å². The van der Waals surface area contributed by atoms with Gasteiger partial charge in [-0.15, -0.1) is 0 Å². The molecule has 94 valence electrons. The Labute approximate surface area is 103 Å². The largest absolute Gasteiger partial charge is 0.394 e. The zero-order valence-electron chi connectivity index (χ0n) is 10.5. The van der Waals surface area contributed by atoms with Crippen LogP contribution in [-0.2, 0) is 0 Å². The standard InChI is InChI=1S/C14H22N2O/c1-12-3-5-13(6-4-12)16-9-2-7-14(15,11-17)8-10-16/h3-6,17H,2,7-11,15H2,1H3. The van der Waals surface area contributed by atoms with Crippen molar-refractivity contribution >= 4 is 5.69 Å². The molecule has 1 fully saturated rings. The molecule has 0 spiro atoms. The Kier molecular flexibility index (Phi) is 3.69. The van der Waals surface area contributed by atoms with Crippen LogP contribution in [0.1, 0.15) is 24.8 Å². The van der Waals surface area contributed by atoms with E-state index in [-0.39, 0.29) is 12.1 Å². The van der Waals surface area contributed by atoms with E-state index in [2.05, 4.69) is 36.1 Å². The molecule has 1 atom stereocenters. The third kappa shape index (κ3) is 2.99. The number of hydrogen-bond donors (Lipinski definition) is 2. The van der Waals surface area contributed by atoms with Crippen molar-refractivity contribution in [2.24, 2.45) is 5.73 Å². The van der Waals surface area contributed by atoms with Crippen LogP contribution in [0.5, 0.6) is 0 Å². The van der Waals surface area contributed by atoms with E-state index in [1.807, 2.05) is 0 Å². The van der Waals surface area contributed by atoms with E-state index in [4.69, 9.17) is 5.73 Å². The Morgan fingerprint density at radius 2 is 1.94 bits per heavy atom. The molecule has 17 heavy (non-hydrogen) atoms. The van der Waals surface area contributed by atoms with E-state index in [1.54, 1.807) is 0 Å². The molecule has 1 aliphatic heterocycles. The molecule has 3 nitrogen and oxygen atoms in total. The van der Waals surface area contributed by atoms with Crippen LogP contribution in [0, 0.1) is 6.92 Å². The average molecular weight is 234 g/mol. The number of hydrogen-bond acceptors (Lipinski definition) is 3. The lowest BCUT2D eigenvalue weighted by Gasteiger charge is -2.26. The molecule has 1 aromatic rings. The van der Waals surface area contributed by atoms with Gasteiger partial charge in [0, 0.05) is 24.3 Å². The molecule has 3 N–H and O–H groups in total. The van der Waals surface area contributed by atoms with Crippen LogP contribution in [0.3, 0.4) is 0 Å². The third-order valence-electron chi connectivity index (χ3n) is 3.70. The lowest BCUT2D eigenvalue weighted by molar-refractivity contribution is 0.183. The van der Waals surface area contributed by atoms with Crippen molar-refractivity contribution in [3.8, 4) is 0 Å². The molecule has 3 heteroatoms. The van der Waals surface area contributed by atoms with Crippen LogP contribution in [0.4, 0.5) is 5.69 Å². The second-order valence-corrected chi connectivity index (χ2v) is 5.20. The summed E-state index contributed by atoms with van der Waals surface area (Å²) in [7, 11) is 0. The summed E-state index contributed by atoms with van der Waals surface area (Å²) in [6, 6.07) is 8.61. The lowest BCUT2D eigenvalue weighted by Crippen LogP contribution is -2.44. The highest BCUT2D eigenvalue weighted by Crippen LogP contribution is 2.24. The molecule has 1 aliphatic rings. The number of aliphatic hydroxyl groups excluding tert-OH is 1. The Morgan fingerprint density at radius 1 is 1.24 bits per heavy atom. The summed E-state index contributed by atoms with van der Waals surface area (Å²) in [5.41, 5.74) is 8.32. The molecular formula is C14H22N2O. The maximum absolute atomic E-state index is 9.32. The van der Waals surface area contributed by atoms with Gasteiger partial charge in [-0.1, -0.05) is 17.7 Å². The van der Waals surface area contributed by atoms with Crippen LogP contribution in [-0.4, -0.2) is 30.3 Å². The van der Waals surface area contributed by atoms with Crippen LogP contribution in [0.2, 0.25) is 0 Å². The first-order chi connectivity index (χ1) is 8.13. The highest BCUT2D eigenvalue weighted by molar-refractivity contribution is 5.47. The van der Waals surface area contributed by atoms with E-state index in [9.17, 15) is 5.11 Å². The van der Waals surface area contributed by atoms with Gasteiger partial charge in [0.25, 0.3) is 0 Å². The normalized spacial score (nSPS) is 25.7. The molecule has 1 saturated heterocycles. The highest BCUT2D eigenvalue weighted by atomic mass is 16.3. The predicted molar refractivity (Wildman–Crippen MR) is 71.2 cm³/mol. The van der Waals surface area contributed by atoms with Gasteiger partial charge >= 0.3 is 0 Å². The van der Waals surface area contributed by atoms with Gasteiger partial charge in [-0.2, -0.15) is 0 Å². The van der Waals surface area contributed by atoms with Crippen LogP contribution < -0.4 is 10.6 Å². The summed E-state index contributed by atoms with van der Waals surface area (Å²) in [6.45, 7) is 4.15. The average Bonchev–Trinajstić information content (AvgIpc) is 2.53. The zero-order chi connectivity index (χ0) is 12.3. The molecule has 1 unspecified atom stereocenters. The third-order valence-corrected chi connectivity index (χ3v) is 3.70. The van der Waals surface area contributed by atoms with E-state index in [1.165, 1.54) is 11.3 Å². The summed E-state index contributed by atoms with van der Waals surface area (Å²) in [5.74, 6) is 0. The monoisotopic (exact) mass is 234 g/mol. The van der Waals surface area contributed by atoms with Crippen molar-refractivity contribution in [3.63, 3.8) is 0 Å². The lowest BCUT2D eigenvalue weighted by atomic mass is 9.93. The molecule has 0 bridgehead atoms. The van der Waals surface area contributed by atoms with Gasteiger partial charge in [-0.05, 0) is 38.3 Å². The first-order valence-corrected chi connectivity index (χ1v) is 6.34. The molecule has 1 heterocycles. The Hall–Kier alpha value is -1.06. The number of anilines is 1. The van der Waals surface area contributed by atoms with E-state index in [0.717, 1.165) is 32.4 Å². The number of aryl methyl sites for hydroxylation is 1. The molecule has 0 saturated carbocycles. The minimum atomic E-state index is -0.376. The van der Waals surface area contributed by atoms with Crippen molar-refractivity contribution in [1.29, 1.82) is 0 Å². The van der Waals surface area contributed by atoms with Crippen molar-refractivity contribution < 1.29 is 5.11 Å². The quantitative estimate of drug-likeness (QED) is 0.818. The first-order valence-electron chi connectivity index (χ1n) is 6.34. The highest BCUT2D eigenvalue weighted by Gasteiger charge is 2.27. The van der Waals surface area contributed by atoms with Crippen molar-refractivity contribution in [2.45, 2.75) is 31.7 Å². The van der Waals surface area contributed by atoms with Gasteiger partial charge in [0.05, 0.1) is 6.61 Å². The Balaban J connectivity index is 2.06. The number of benzene rings is 1. The number of nitrogens with zero attached hydrogens (tertiary/aromatic N) is 1. The molecular weight excluding hydrogens is 212 g/mol. The van der Waals surface area contributed by atoms with Gasteiger partial charge in [-0.25, -0.2) is 0 Å². The Morgan fingerprint density at radius 3 is 2.59 bits per heavy atom. The minimum Gasteiger partial charge on any atom is -0.394 e. The van der Waals surface area contributed by atoms with Crippen molar-refractivity contribution in [2.75, 3.05) is 24.6 Å². The number of aliphatic hydroxyl groups is 1. The van der Waals surface area contributed by atoms with E-state index >= 15 is 0 Å². The minimum absolute atomic E-state index is 0.0920. The van der Waals surface area contributed by atoms with E-state index < -0.39 is 0 Å². The zero-order valence-corrected chi connectivity index (χ0v) is 10.5. The molecule has 0 aromatic heterocycles. The summed E-state index contributed by atoms with van der Waals surface area (Å²) in [5, 5.41) is 9.32. The van der Waals surface area contributed by atoms with Crippen molar-refractivity contribution in [3.05, 3.63) is 29.8 Å². The summed E-state index contributed by atoms with van der Waals surface area (Å²) >= 11 is 0. The fourth-order valence-electron chi connectivity index (χ4n) is 2.39. The van der Waals surface area contributed by atoms with E-state index in [0.29, 0.717) is 0 Å². The Bertz CT molecular complexity index is 363. The van der Waals surface area contributed by atoms with Crippen LogP contribution in [0.25, 0.3) is 0 Å². The van der Waals surface area contributed by atoms with Crippen LogP contribution >= 0.6 is 0 Å². The second-order valence-electron chi connectivity index (χ2n) is 5.20. The predicted octanol–water partition coefficient (Wildman–Crippen LogP) is 1.68. The summed E-state index contributed by atoms with van der Waals surface area (Å²) in [6.07, 6.45) is 2.81. The first kappa shape index (κ1) is 12.4. The summed E-state index contributed by atoms with van der Waals surface area (Å²) in [4.78, 5) is 2.36. The van der Waals surface area contributed by atoms with Gasteiger partial charge in [0.15, 0.2) is 0 Å².